The summed E-state index contributed by atoms with van der Waals surface area (Å²) in [5.74, 6) is 0.171. The molecule has 2 nitrogen and oxygen atoms in total. The van der Waals surface area contributed by atoms with E-state index in [-0.39, 0.29) is 24.2 Å². The molecule has 0 bridgehead atoms. The Labute approximate surface area is 55.9 Å². The monoisotopic (exact) mass is 130 g/mol. The summed E-state index contributed by atoms with van der Waals surface area (Å²) in [6.07, 6.45) is 0. The second-order valence-corrected chi connectivity index (χ2v) is 2.64. The molecule has 0 radical (unpaired) electrons. The van der Waals surface area contributed by atoms with Crippen LogP contribution in [-0.2, 0) is 4.79 Å². The van der Waals surface area contributed by atoms with Crippen molar-refractivity contribution in [2.45, 2.75) is 20.8 Å². The summed E-state index contributed by atoms with van der Waals surface area (Å²) in [5.41, 5.74) is 0. The molecule has 0 heterocycles. The van der Waals surface area contributed by atoms with E-state index in [0.29, 0.717) is 0 Å². The number of carbonyl (C=O) groups excluding carboxylic acids is 1. The Morgan fingerprint density at radius 2 is 2.00 bits per heavy atom. The highest BCUT2D eigenvalue weighted by Crippen LogP contribution is 2.09. The predicted molar refractivity (Wildman–Crippen MR) is 36.1 cm³/mol. The summed E-state index contributed by atoms with van der Waals surface area (Å²) >= 11 is 0. The first-order chi connectivity index (χ1) is 4.09. The first-order valence-electron chi connectivity index (χ1n) is 3.21. The largest absolute Gasteiger partial charge is 0.396 e. The summed E-state index contributed by atoms with van der Waals surface area (Å²) in [6.45, 7) is 5.36. The van der Waals surface area contributed by atoms with Gasteiger partial charge < -0.3 is 5.11 Å². The van der Waals surface area contributed by atoms with Crippen molar-refractivity contribution in [3.63, 3.8) is 0 Å². The van der Waals surface area contributed by atoms with Gasteiger partial charge in [-0.25, -0.2) is 0 Å². The zero-order valence-corrected chi connectivity index (χ0v) is 6.22. The van der Waals surface area contributed by atoms with Gasteiger partial charge >= 0.3 is 0 Å². The molecule has 0 spiro atoms. The molecule has 0 aliphatic carbocycles. The summed E-state index contributed by atoms with van der Waals surface area (Å²) < 4.78 is 0. The van der Waals surface area contributed by atoms with Crippen molar-refractivity contribution in [3.05, 3.63) is 0 Å². The molecule has 0 fully saturated rings. The van der Waals surface area contributed by atoms with Crippen LogP contribution in [0.1, 0.15) is 20.8 Å². The lowest BCUT2D eigenvalue weighted by atomic mass is 9.93. The molecule has 1 N–H and O–H groups in total. The number of hydrogen-bond donors (Lipinski definition) is 1. The lowest BCUT2D eigenvalue weighted by Gasteiger charge is -2.13. The van der Waals surface area contributed by atoms with Crippen molar-refractivity contribution in [1.29, 1.82) is 0 Å². The van der Waals surface area contributed by atoms with Gasteiger partial charge in [-0.1, -0.05) is 13.8 Å². The molecule has 0 amide bonds. The van der Waals surface area contributed by atoms with E-state index >= 15 is 0 Å². The second kappa shape index (κ2) is 3.62. The van der Waals surface area contributed by atoms with Gasteiger partial charge in [0.2, 0.25) is 0 Å². The van der Waals surface area contributed by atoms with Crippen molar-refractivity contribution in [2.24, 2.45) is 11.8 Å². The maximum Gasteiger partial charge on any atom is 0.135 e. The Morgan fingerprint density at radius 3 is 2.00 bits per heavy atom. The zero-order chi connectivity index (χ0) is 7.44. The molecule has 0 saturated carbocycles. The number of rotatable bonds is 3. The lowest BCUT2D eigenvalue weighted by Crippen LogP contribution is -2.21. The van der Waals surface area contributed by atoms with Gasteiger partial charge in [-0.15, -0.1) is 0 Å². The van der Waals surface area contributed by atoms with Crippen molar-refractivity contribution in [1.82, 2.24) is 0 Å². The minimum absolute atomic E-state index is 0.0208. The number of aliphatic hydroxyl groups is 1. The van der Waals surface area contributed by atoms with Crippen LogP contribution < -0.4 is 0 Å². The third kappa shape index (κ3) is 2.61. The van der Waals surface area contributed by atoms with E-state index in [1.807, 2.05) is 13.8 Å². The highest BCUT2D eigenvalue weighted by molar-refractivity contribution is 5.78. The average Bonchev–Trinajstić information content (AvgIpc) is 1.64. The van der Waals surface area contributed by atoms with Gasteiger partial charge in [-0.3, -0.25) is 4.79 Å². The molecule has 54 valence electrons. The van der Waals surface area contributed by atoms with Crippen molar-refractivity contribution in [2.75, 3.05) is 6.61 Å². The van der Waals surface area contributed by atoms with Crippen molar-refractivity contribution >= 4 is 5.78 Å². The normalized spacial score (nSPS) is 13.9. The van der Waals surface area contributed by atoms with Crippen LogP contribution in [0.2, 0.25) is 0 Å². The van der Waals surface area contributed by atoms with E-state index in [1.54, 1.807) is 0 Å². The van der Waals surface area contributed by atoms with Gasteiger partial charge in [0.05, 0.1) is 6.61 Å². The van der Waals surface area contributed by atoms with Gasteiger partial charge in [-0.2, -0.15) is 0 Å². The average molecular weight is 130 g/mol. The van der Waals surface area contributed by atoms with Crippen LogP contribution in [0.15, 0.2) is 0 Å². The quantitative estimate of drug-likeness (QED) is 0.614. The van der Waals surface area contributed by atoms with E-state index in [0.717, 1.165) is 0 Å². The fraction of sp³-hybridized carbons (Fsp3) is 0.857. The highest BCUT2D eigenvalue weighted by Gasteiger charge is 2.15. The van der Waals surface area contributed by atoms with Crippen molar-refractivity contribution in [3.8, 4) is 0 Å². The fourth-order valence-corrected chi connectivity index (χ4v) is 0.809. The molecule has 0 aliphatic rings. The minimum atomic E-state index is -0.162. The van der Waals surface area contributed by atoms with Crippen LogP contribution in [0.4, 0.5) is 0 Å². The molecule has 0 aromatic rings. The first-order valence-corrected chi connectivity index (χ1v) is 3.21. The molecule has 2 heteroatoms. The van der Waals surface area contributed by atoms with Gasteiger partial charge in [-0.05, 0) is 12.8 Å². The molecular formula is C7H14O2. The van der Waals surface area contributed by atoms with Crippen LogP contribution in [0.3, 0.4) is 0 Å². The number of hydrogen-bond acceptors (Lipinski definition) is 2. The minimum Gasteiger partial charge on any atom is -0.396 e. The predicted octanol–water partition coefficient (Wildman–Crippen LogP) is 0.840. The first kappa shape index (κ1) is 8.63. The van der Waals surface area contributed by atoms with Gasteiger partial charge in [0.25, 0.3) is 0 Å². The van der Waals surface area contributed by atoms with Gasteiger partial charge in [0.1, 0.15) is 5.78 Å². The van der Waals surface area contributed by atoms with Crippen LogP contribution in [0.25, 0.3) is 0 Å². The number of Topliss-reactive ketones (excluding diaryl/α,β-unsaturated/α-hetero) is 1. The van der Waals surface area contributed by atoms with Crippen LogP contribution >= 0.6 is 0 Å². The van der Waals surface area contributed by atoms with E-state index in [9.17, 15) is 4.79 Å². The van der Waals surface area contributed by atoms with E-state index < -0.39 is 0 Å². The molecular weight excluding hydrogens is 116 g/mol. The summed E-state index contributed by atoms with van der Waals surface area (Å²) in [5, 5.41) is 8.65. The lowest BCUT2D eigenvalue weighted by molar-refractivity contribution is -0.123. The Balaban J connectivity index is 3.83. The molecule has 0 aromatic heterocycles. The van der Waals surface area contributed by atoms with Crippen LogP contribution in [0, 0.1) is 11.8 Å². The van der Waals surface area contributed by atoms with Gasteiger partial charge in [0.15, 0.2) is 0 Å². The van der Waals surface area contributed by atoms with Gasteiger partial charge in [0, 0.05) is 5.92 Å². The molecule has 0 saturated heterocycles. The number of aliphatic hydroxyl groups excluding tert-OH is 1. The zero-order valence-electron chi connectivity index (χ0n) is 6.22. The van der Waals surface area contributed by atoms with Crippen molar-refractivity contribution < 1.29 is 9.90 Å². The molecule has 0 unspecified atom stereocenters. The molecule has 1 atom stereocenters. The van der Waals surface area contributed by atoms with E-state index in [2.05, 4.69) is 0 Å². The third-order valence-electron chi connectivity index (χ3n) is 1.52. The standard InChI is InChI=1S/C7H14O2/c1-5(2)7(4-8)6(3)9/h5,7-8H,4H2,1-3H3/t7-/m1/s1. The maximum absolute atomic E-state index is 10.7. The number of carbonyl (C=O) groups is 1. The summed E-state index contributed by atoms with van der Waals surface area (Å²) in [7, 11) is 0. The molecule has 0 rings (SSSR count). The SMILES string of the molecule is CC(=O)[C@H](CO)C(C)C. The number of ketones is 1. The Hall–Kier alpha value is -0.370. The van der Waals surface area contributed by atoms with E-state index in [1.165, 1.54) is 6.92 Å². The Kier molecular flexibility index (Phi) is 3.47. The smallest absolute Gasteiger partial charge is 0.135 e. The molecule has 0 aliphatic heterocycles. The van der Waals surface area contributed by atoms with Crippen LogP contribution in [0.5, 0.6) is 0 Å². The highest BCUT2D eigenvalue weighted by atomic mass is 16.3. The Morgan fingerprint density at radius 1 is 1.56 bits per heavy atom. The molecule has 0 aromatic carbocycles. The fourth-order valence-electron chi connectivity index (χ4n) is 0.809. The van der Waals surface area contributed by atoms with E-state index in [4.69, 9.17) is 5.11 Å². The summed E-state index contributed by atoms with van der Waals surface area (Å²) in [4.78, 5) is 10.7. The second-order valence-electron chi connectivity index (χ2n) is 2.64. The van der Waals surface area contributed by atoms with Crippen LogP contribution in [-0.4, -0.2) is 17.5 Å². The third-order valence-corrected chi connectivity index (χ3v) is 1.52. The topological polar surface area (TPSA) is 37.3 Å². The summed E-state index contributed by atoms with van der Waals surface area (Å²) in [6, 6.07) is 0. The maximum atomic E-state index is 10.7. The molecule has 9 heavy (non-hydrogen) atoms. The Bertz CT molecular complexity index is 97.1.